The third-order valence-corrected chi connectivity index (χ3v) is 5.41. The Morgan fingerprint density at radius 2 is 1.81 bits per heavy atom. The van der Waals surface area contributed by atoms with Crippen molar-refractivity contribution >= 4 is 29.1 Å². The summed E-state index contributed by atoms with van der Waals surface area (Å²) in [7, 11) is 0. The smallest absolute Gasteiger partial charge is 0.245 e. The summed E-state index contributed by atoms with van der Waals surface area (Å²) in [6.45, 7) is 1.43. The van der Waals surface area contributed by atoms with Gasteiger partial charge in [-0.05, 0) is 42.7 Å². The minimum atomic E-state index is -2.39. The fraction of sp³-hybridized carbons (Fsp3) is 0.368. The first-order valence-electron chi connectivity index (χ1n) is 8.71. The third kappa shape index (κ3) is 4.59. The number of hydrogen-bond acceptors (Lipinski definition) is 5. The fourth-order valence-corrected chi connectivity index (χ4v) is 3.48. The van der Waals surface area contributed by atoms with Crippen molar-refractivity contribution in [3.05, 3.63) is 63.9 Å². The Bertz CT molecular complexity index is 796. The summed E-state index contributed by atoms with van der Waals surface area (Å²) in [5, 5.41) is 25.5. The number of carbonyl (C=O) groups excluding carboxylic acids is 1. The van der Waals surface area contributed by atoms with Crippen LogP contribution in [0.5, 0.6) is 0 Å². The average Bonchev–Trinajstić information content (AvgIpc) is 3.20. The van der Waals surface area contributed by atoms with Crippen molar-refractivity contribution in [2.75, 3.05) is 13.1 Å². The van der Waals surface area contributed by atoms with Gasteiger partial charge in [-0.15, -0.1) is 0 Å². The molecule has 2 aromatic rings. The van der Waals surface area contributed by atoms with E-state index >= 15 is 0 Å². The topological polar surface area (TPSA) is 85.7 Å². The van der Waals surface area contributed by atoms with Crippen molar-refractivity contribution in [2.45, 2.75) is 31.2 Å². The molecule has 1 aliphatic rings. The van der Waals surface area contributed by atoms with E-state index in [2.05, 4.69) is 10.3 Å². The molecular weight excluding hydrogens is 389 g/mol. The number of carbonyl (C=O) groups is 1. The molecule has 2 heterocycles. The summed E-state index contributed by atoms with van der Waals surface area (Å²) >= 11 is 12.0. The molecule has 1 fully saturated rings. The van der Waals surface area contributed by atoms with Gasteiger partial charge in [0.25, 0.3) is 0 Å². The highest BCUT2D eigenvalue weighted by atomic mass is 35.5. The number of aliphatic hydroxyl groups is 2. The molecule has 0 unspecified atom stereocenters. The standard InChI is InChI=1S/C19H21Cl2N3O3/c20-15-4-3-13(11-16(15)21)12-23-17(18(25)24-9-1-2-10-24)19(26,27)14-5-7-22-8-6-14/h3-8,11,17,23,26-27H,1-2,9-10,12H2/t17-/m1/s1. The van der Waals surface area contributed by atoms with Crippen molar-refractivity contribution in [1.82, 2.24) is 15.2 Å². The first-order valence-corrected chi connectivity index (χ1v) is 9.46. The predicted octanol–water partition coefficient (Wildman–Crippen LogP) is 2.31. The Hall–Kier alpha value is -1.70. The molecule has 3 N–H and O–H groups in total. The van der Waals surface area contributed by atoms with E-state index in [1.165, 1.54) is 24.5 Å². The molecule has 144 valence electrons. The van der Waals surface area contributed by atoms with Crippen LogP contribution in [-0.4, -0.2) is 45.1 Å². The summed E-state index contributed by atoms with van der Waals surface area (Å²) in [6, 6.07) is 6.81. The van der Waals surface area contributed by atoms with Gasteiger partial charge in [0, 0.05) is 37.6 Å². The predicted molar refractivity (Wildman–Crippen MR) is 103 cm³/mol. The van der Waals surface area contributed by atoms with Crippen LogP contribution in [0.3, 0.4) is 0 Å². The minimum absolute atomic E-state index is 0.191. The number of aromatic nitrogens is 1. The summed E-state index contributed by atoms with van der Waals surface area (Å²) in [5.74, 6) is -2.74. The fourth-order valence-electron chi connectivity index (χ4n) is 3.16. The van der Waals surface area contributed by atoms with Crippen LogP contribution in [0.1, 0.15) is 24.0 Å². The zero-order valence-electron chi connectivity index (χ0n) is 14.6. The molecule has 3 rings (SSSR count). The molecule has 1 amide bonds. The first-order chi connectivity index (χ1) is 12.9. The van der Waals surface area contributed by atoms with Gasteiger partial charge in [-0.25, -0.2) is 0 Å². The quantitative estimate of drug-likeness (QED) is 0.637. The molecule has 0 aliphatic carbocycles. The number of amides is 1. The maximum atomic E-state index is 13.0. The van der Waals surface area contributed by atoms with E-state index in [1.54, 1.807) is 23.1 Å². The molecule has 1 aliphatic heterocycles. The van der Waals surface area contributed by atoms with E-state index in [1.807, 2.05) is 0 Å². The van der Waals surface area contributed by atoms with Gasteiger partial charge in [0.1, 0.15) is 6.04 Å². The van der Waals surface area contributed by atoms with Crippen LogP contribution in [0.2, 0.25) is 10.0 Å². The van der Waals surface area contributed by atoms with Gasteiger partial charge in [-0.1, -0.05) is 29.3 Å². The first kappa shape index (κ1) is 20.0. The van der Waals surface area contributed by atoms with Crippen LogP contribution in [0.4, 0.5) is 0 Å². The Balaban J connectivity index is 1.84. The molecule has 1 aromatic carbocycles. The summed E-state index contributed by atoms with van der Waals surface area (Å²) in [4.78, 5) is 18.5. The van der Waals surface area contributed by atoms with Gasteiger partial charge >= 0.3 is 0 Å². The molecular formula is C19H21Cl2N3O3. The highest BCUT2D eigenvalue weighted by molar-refractivity contribution is 6.42. The zero-order chi connectivity index (χ0) is 19.4. The zero-order valence-corrected chi connectivity index (χ0v) is 16.1. The summed E-state index contributed by atoms with van der Waals surface area (Å²) in [6.07, 6.45) is 4.72. The highest BCUT2D eigenvalue weighted by Crippen LogP contribution is 2.26. The van der Waals surface area contributed by atoms with E-state index < -0.39 is 11.8 Å². The number of nitrogens with one attached hydrogen (secondary N) is 1. The number of hydrogen-bond donors (Lipinski definition) is 3. The number of halogens is 2. The van der Waals surface area contributed by atoms with Gasteiger partial charge in [-0.2, -0.15) is 0 Å². The van der Waals surface area contributed by atoms with E-state index in [9.17, 15) is 15.0 Å². The molecule has 1 atom stereocenters. The van der Waals surface area contributed by atoms with Crippen LogP contribution < -0.4 is 5.32 Å². The number of rotatable bonds is 6. The van der Waals surface area contributed by atoms with Crippen molar-refractivity contribution in [1.29, 1.82) is 0 Å². The second kappa shape index (κ2) is 8.54. The van der Waals surface area contributed by atoms with E-state index in [0.29, 0.717) is 23.1 Å². The van der Waals surface area contributed by atoms with Gasteiger partial charge in [-0.3, -0.25) is 15.1 Å². The van der Waals surface area contributed by atoms with Crippen molar-refractivity contribution in [2.24, 2.45) is 0 Å². The Kier molecular flexibility index (Phi) is 6.34. The second-order valence-electron chi connectivity index (χ2n) is 6.56. The molecule has 8 heteroatoms. The van der Waals surface area contributed by atoms with Crippen molar-refractivity contribution in [3.8, 4) is 0 Å². The normalized spacial score (nSPS) is 15.8. The average molecular weight is 410 g/mol. The number of benzene rings is 1. The lowest BCUT2D eigenvalue weighted by atomic mass is 9.97. The van der Waals surface area contributed by atoms with Crippen molar-refractivity contribution in [3.63, 3.8) is 0 Å². The van der Waals surface area contributed by atoms with Gasteiger partial charge in [0.05, 0.1) is 10.0 Å². The van der Waals surface area contributed by atoms with E-state index in [-0.39, 0.29) is 18.0 Å². The molecule has 1 saturated heterocycles. The van der Waals surface area contributed by atoms with E-state index in [4.69, 9.17) is 23.2 Å². The number of likely N-dealkylation sites (tertiary alicyclic amines) is 1. The largest absolute Gasteiger partial charge is 0.360 e. The van der Waals surface area contributed by atoms with Gasteiger partial charge < -0.3 is 15.1 Å². The van der Waals surface area contributed by atoms with Crippen LogP contribution in [0.25, 0.3) is 0 Å². The maximum Gasteiger partial charge on any atom is 0.245 e. The monoisotopic (exact) mass is 409 g/mol. The molecule has 0 radical (unpaired) electrons. The third-order valence-electron chi connectivity index (χ3n) is 4.67. The number of pyridine rings is 1. The molecule has 0 spiro atoms. The lowest BCUT2D eigenvalue weighted by Crippen LogP contribution is -2.57. The Morgan fingerprint density at radius 3 is 2.44 bits per heavy atom. The Morgan fingerprint density at radius 1 is 1.15 bits per heavy atom. The van der Waals surface area contributed by atoms with Crippen LogP contribution in [-0.2, 0) is 17.1 Å². The summed E-state index contributed by atoms with van der Waals surface area (Å²) < 4.78 is 0. The molecule has 27 heavy (non-hydrogen) atoms. The van der Waals surface area contributed by atoms with E-state index in [0.717, 1.165) is 18.4 Å². The van der Waals surface area contributed by atoms with Crippen LogP contribution in [0, 0.1) is 0 Å². The molecule has 0 bridgehead atoms. The van der Waals surface area contributed by atoms with Crippen LogP contribution >= 0.6 is 23.2 Å². The lowest BCUT2D eigenvalue weighted by molar-refractivity contribution is -0.200. The SMILES string of the molecule is O=C([C@@H](NCc1ccc(Cl)c(Cl)c1)C(O)(O)c1ccncc1)N1CCCC1. The van der Waals surface area contributed by atoms with Gasteiger partial charge in [0.15, 0.2) is 0 Å². The maximum absolute atomic E-state index is 13.0. The Labute approximate surface area is 167 Å². The second-order valence-corrected chi connectivity index (χ2v) is 7.37. The molecule has 0 saturated carbocycles. The highest BCUT2D eigenvalue weighted by Gasteiger charge is 2.43. The van der Waals surface area contributed by atoms with Crippen LogP contribution in [0.15, 0.2) is 42.7 Å². The molecule has 1 aromatic heterocycles. The number of nitrogens with zero attached hydrogens (tertiary/aromatic N) is 2. The summed E-state index contributed by atoms with van der Waals surface area (Å²) in [5.41, 5.74) is 0.964. The van der Waals surface area contributed by atoms with Crippen molar-refractivity contribution < 1.29 is 15.0 Å². The minimum Gasteiger partial charge on any atom is -0.360 e. The lowest BCUT2D eigenvalue weighted by Gasteiger charge is -2.34. The van der Waals surface area contributed by atoms with Gasteiger partial charge in [0.2, 0.25) is 11.7 Å². The molecule has 6 nitrogen and oxygen atoms in total.